The van der Waals surface area contributed by atoms with Crippen LogP contribution in [-0.4, -0.2) is 38.6 Å². The highest BCUT2D eigenvalue weighted by atomic mass is 35.5. The van der Waals surface area contributed by atoms with E-state index in [0.29, 0.717) is 24.7 Å². The van der Waals surface area contributed by atoms with E-state index in [2.05, 4.69) is 5.32 Å². The van der Waals surface area contributed by atoms with Crippen molar-refractivity contribution < 1.29 is 14.3 Å². The number of anilines is 1. The van der Waals surface area contributed by atoms with Gasteiger partial charge in [-0.1, -0.05) is 11.6 Å². The highest BCUT2D eigenvalue weighted by molar-refractivity contribution is 6.30. The Morgan fingerprint density at radius 2 is 2.09 bits per heavy atom. The van der Waals surface area contributed by atoms with Gasteiger partial charge in [-0.15, -0.1) is 0 Å². The van der Waals surface area contributed by atoms with Crippen LogP contribution in [0.25, 0.3) is 0 Å². The molecule has 2 amide bonds. The van der Waals surface area contributed by atoms with Gasteiger partial charge in [-0.3, -0.25) is 9.59 Å². The fourth-order valence-corrected chi connectivity index (χ4v) is 2.34. The topological polar surface area (TPSA) is 58.6 Å². The molecule has 0 saturated carbocycles. The average molecular weight is 327 g/mol. The molecule has 0 atom stereocenters. The van der Waals surface area contributed by atoms with Crippen LogP contribution in [0.4, 0.5) is 5.69 Å². The molecule has 0 bridgehead atoms. The van der Waals surface area contributed by atoms with Crippen molar-refractivity contribution in [1.82, 2.24) is 5.32 Å². The van der Waals surface area contributed by atoms with E-state index in [9.17, 15) is 9.59 Å². The number of benzene rings is 1. The van der Waals surface area contributed by atoms with Crippen LogP contribution in [0.3, 0.4) is 0 Å². The molecule has 0 aliphatic heterocycles. The molecule has 0 aliphatic carbocycles. The van der Waals surface area contributed by atoms with Gasteiger partial charge in [0.1, 0.15) is 0 Å². The molecule has 122 valence electrons. The minimum absolute atomic E-state index is 0.0750. The fourth-order valence-electron chi connectivity index (χ4n) is 2.12. The van der Waals surface area contributed by atoms with Gasteiger partial charge in [0.05, 0.1) is 0 Å². The molecule has 0 unspecified atom stereocenters. The molecule has 0 aliphatic rings. The fraction of sp³-hybridized carbons (Fsp3) is 0.500. The number of rotatable bonds is 8. The highest BCUT2D eigenvalue weighted by Gasteiger charge is 2.15. The summed E-state index contributed by atoms with van der Waals surface area (Å²) in [6.45, 7) is 4.91. The van der Waals surface area contributed by atoms with Crippen molar-refractivity contribution in [3.05, 3.63) is 28.8 Å². The number of nitrogens with one attached hydrogen (secondary N) is 1. The molecule has 0 radical (unpaired) electrons. The van der Waals surface area contributed by atoms with Crippen LogP contribution >= 0.6 is 11.6 Å². The van der Waals surface area contributed by atoms with Crippen LogP contribution in [0.2, 0.25) is 5.02 Å². The van der Waals surface area contributed by atoms with Crippen LogP contribution in [0.5, 0.6) is 0 Å². The molecule has 6 heteroatoms. The first-order valence-electron chi connectivity index (χ1n) is 7.25. The van der Waals surface area contributed by atoms with Gasteiger partial charge < -0.3 is 15.0 Å². The Labute approximate surface area is 136 Å². The van der Waals surface area contributed by atoms with Crippen LogP contribution < -0.4 is 10.2 Å². The molecule has 0 heterocycles. The smallest absolute Gasteiger partial charge is 0.223 e. The van der Waals surface area contributed by atoms with Gasteiger partial charge in [-0.25, -0.2) is 0 Å². The summed E-state index contributed by atoms with van der Waals surface area (Å²) in [5.41, 5.74) is 1.69. The first-order valence-corrected chi connectivity index (χ1v) is 7.63. The quantitative estimate of drug-likeness (QED) is 0.747. The molecule has 1 rings (SSSR count). The number of carbonyl (C=O) groups is 2. The average Bonchev–Trinajstić information content (AvgIpc) is 2.45. The van der Waals surface area contributed by atoms with Gasteiger partial charge >= 0.3 is 0 Å². The van der Waals surface area contributed by atoms with E-state index in [0.717, 1.165) is 17.7 Å². The monoisotopic (exact) mass is 326 g/mol. The molecular formula is C16H23ClN2O3. The lowest BCUT2D eigenvalue weighted by atomic mass is 10.1. The number of ether oxygens (including phenoxy) is 1. The van der Waals surface area contributed by atoms with Crippen molar-refractivity contribution in [2.24, 2.45) is 0 Å². The van der Waals surface area contributed by atoms with Crippen LogP contribution in [0, 0.1) is 6.92 Å². The largest absolute Gasteiger partial charge is 0.385 e. The molecule has 5 nitrogen and oxygen atoms in total. The summed E-state index contributed by atoms with van der Waals surface area (Å²) in [7, 11) is 1.63. The molecule has 1 N–H and O–H groups in total. The van der Waals surface area contributed by atoms with Crippen molar-refractivity contribution in [3.63, 3.8) is 0 Å². The summed E-state index contributed by atoms with van der Waals surface area (Å²) < 4.78 is 4.92. The van der Waals surface area contributed by atoms with E-state index in [4.69, 9.17) is 16.3 Å². The molecule has 1 aromatic carbocycles. The summed E-state index contributed by atoms with van der Waals surface area (Å²) in [4.78, 5) is 25.2. The Morgan fingerprint density at radius 3 is 2.68 bits per heavy atom. The van der Waals surface area contributed by atoms with E-state index < -0.39 is 0 Å². The van der Waals surface area contributed by atoms with Gasteiger partial charge in [0, 0.05) is 50.9 Å². The maximum Gasteiger partial charge on any atom is 0.223 e. The lowest BCUT2D eigenvalue weighted by Crippen LogP contribution is -2.34. The second kappa shape index (κ2) is 9.43. The third-order valence-electron chi connectivity index (χ3n) is 3.24. The van der Waals surface area contributed by atoms with Crippen molar-refractivity contribution in [3.8, 4) is 0 Å². The molecule has 1 aromatic rings. The number of halogens is 1. The first-order chi connectivity index (χ1) is 10.5. The predicted octanol–water partition coefficient (Wildman–Crippen LogP) is 2.54. The second-order valence-electron chi connectivity index (χ2n) is 5.05. The molecule has 22 heavy (non-hydrogen) atoms. The minimum Gasteiger partial charge on any atom is -0.385 e. The third kappa shape index (κ3) is 6.03. The van der Waals surface area contributed by atoms with Crippen molar-refractivity contribution in [1.29, 1.82) is 0 Å². The molecule has 0 spiro atoms. The van der Waals surface area contributed by atoms with Crippen molar-refractivity contribution in [2.45, 2.75) is 26.7 Å². The van der Waals surface area contributed by atoms with E-state index in [1.54, 1.807) is 30.2 Å². The Balaban J connectivity index is 2.58. The van der Waals surface area contributed by atoms with Crippen LogP contribution in [-0.2, 0) is 14.3 Å². The Bertz CT molecular complexity index is 520. The number of amides is 2. The van der Waals surface area contributed by atoms with E-state index in [1.165, 1.54) is 6.92 Å². The maximum atomic E-state index is 11.8. The molecular weight excluding hydrogens is 304 g/mol. The number of carbonyl (C=O) groups excluding carboxylic acids is 2. The first kappa shape index (κ1) is 18.5. The number of aryl methyl sites for hydroxylation is 1. The van der Waals surface area contributed by atoms with E-state index >= 15 is 0 Å². The van der Waals surface area contributed by atoms with Crippen LogP contribution in [0.1, 0.15) is 25.3 Å². The summed E-state index contributed by atoms with van der Waals surface area (Å²) in [5, 5.41) is 3.43. The van der Waals surface area contributed by atoms with Crippen molar-refractivity contribution in [2.75, 3.05) is 31.7 Å². The number of hydrogen-bond acceptors (Lipinski definition) is 3. The third-order valence-corrected chi connectivity index (χ3v) is 3.47. The number of nitrogens with zero attached hydrogens (tertiary/aromatic N) is 1. The van der Waals surface area contributed by atoms with E-state index in [1.807, 2.05) is 6.92 Å². The zero-order chi connectivity index (χ0) is 16.5. The van der Waals surface area contributed by atoms with Gasteiger partial charge in [0.15, 0.2) is 0 Å². The SMILES string of the molecule is COCCCNC(=O)CCN(C(C)=O)c1ccc(Cl)cc1C. The standard InChI is InChI=1S/C16H23ClN2O3/c1-12-11-14(17)5-6-15(12)19(13(2)20)9-7-16(21)18-8-4-10-22-3/h5-6,11H,4,7-10H2,1-3H3,(H,18,21). The van der Waals surface area contributed by atoms with Gasteiger partial charge in [0.2, 0.25) is 11.8 Å². The highest BCUT2D eigenvalue weighted by Crippen LogP contribution is 2.24. The summed E-state index contributed by atoms with van der Waals surface area (Å²) >= 11 is 5.93. The second-order valence-corrected chi connectivity index (χ2v) is 5.48. The normalized spacial score (nSPS) is 10.4. The van der Waals surface area contributed by atoms with Crippen LogP contribution in [0.15, 0.2) is 18.2 Å². The van der Waals surface area contributed by atoms with Gasteiger partial charge in [-0.2, -0.15) is 0 Å². The zero-order valence-corrected chi connectivity index (χ0v) is 14.1. The predicted molar refractivity (Wildman–Crippen MR) is 88.3 cm³/mol. The summed E-state index contributed by atoms with van der Waals surface area (Å²) in [5.74, 6) is -0.174. The lowest BCUT2D eigenvalue weighted by Gasteiger charge is -2.23. The maximum absolute atomic E-state index is 11.8. The number of methoxy groups -OCH3 is 1. The molecule has 0 saturated heterocycles. The van der Waals surface area contributed by atoms with Gasteiger partial charge in [-0.05, 0) is 37.1 Å². The number of hydrogen-bond donors (Lipinski definition) is 1. The zero-order valence-electron chi connectivity index (χ0n) is 13.3. The summed E-state index contributed by atoms with van der Waals surface area (Å²) in [6, 6.07) is 5.35. The molecule has 0 aromatic heterocycles. The van der Waals surface area contributed by atoms with Gasteiger partial charge in [0.25, 0.3) is 0 Å². The van der Waals surface area contributed by atoms with E-state index in [-0.39, 0.29) is 18.2 Å². The minimum atomic E-state index is -0.0994. The Morgan fingerprint density at radius 1 is 1.36 bits per heavy atom. The Kier molecular flexibility index (Phi) is 7.91. The lowest BCUT2D eigenvalue weighted by molar-refractivity contribution is -0.121. The Hall–Kier alpha value is -1.59. The summed E-state index contributed by atoms with van der Waals surface area (Å²) in [6.07, 6.45) is 1.03. The molecule has 0 fully saturated rings. The van der Waals surface area contributed by atoms with Crippen molar-refractivity contribution >= 4 is 29.1 Å².